The molecule has 0 fully saturated rings. The van der Waals surface area contributed by atoms with E-state index in [4.69, 9.17) is 14.2 Å². The first-order valence-electron chi connectivity index (χ1n) is 11.1. The van der Waals surface area contributed by atoms with E-state index < -0.39 is 0 Å². The first kappa shape index (κ1) is 22.5. The highest BCUT2D eigenvalue weighted by Crippen LogP contribution is 2.40. The largest absolute Gasteiger partial charge is 0.493 e. The second kappa shape index (κ2) is 10.3. The summed E-state index contributed by atoms with van der Waals surface area (Å²) in [5, 5.41) is 3.10. The van der Waals surface area contributed by atoms with Gasteiger partial charge in [0.05, 0.1) is 21.3 Å². The van der Waals surface area contributed by atoms with Crippen molar-refractivity contribution in [3.8, 4) is 17.2 Å². The van der Waals surface area contributed by atoms with Crippen LogP contribution in [0.15, 0.2) is 60.7 Å². The van der Waals surface area contributed by atoms with Crippen molar-refractivity contribution in [1.82, 2.24) is 0 Å². The van der Waals surface area contributed by atoms with E-state index in [0.717, 1.165) is 36.3 Å². The predicted octanol–water partition coefficient (Wildman–Crippen LogP) is 4.85. The number of benzene rings is 3. The highest BCUT2D eigenvalue weighted by molar-refractivity contribution is 5.91. The molecule has 0 aliphatic carbocycles. The third-order valence-corrected chi connectivity index (χ3v) is 6.04. The molecule has 6 heteroatoms. The normalized spacial score (nSPS) is 12.3. The molecule has 1 aliphatic rings. The van der Waals surface area contributed by atoms with Crippen LogP contribution in [0, 0.1) is 0 Å². The van der Waals surface area contributed by atoms with Crippen molar-refractivity contribution in [3.63, 3.8) is 0 Å². The number of para-hydroxylation sites is 2. The topological polar surface area (TPSA) is 60.0 Å². The Kier molecular flexibility index (Phi) is 7.03. The number of carbonyl (C=O) groups is 1. The lowest BCUT2D eigenvalue weighted by molar-refractivity contribution is -0.116. The summed E-state index contributed by atoms with van der Waals surface area (Å²) in [4.78, 5) is 15.2. The molecule has 3 aromatic rings. The molecule has 0 unspecified atom stereocenters. The summed E-state index contributed by atoms with van der Waals surface area (Å²) in [5.41, 5.74) is 5.51. The molecule has 172 valence electrons. The van der Waals surface area contributed by atoms with Crippen molar-refractivity contribution in [2.45, 2.75) is 25.8 Å². The number of rotatable bonds is 9. The molecule has 33 heavy (non-hydrogen) atoms. The zero-order valence-corrected chi connectivity index (χ0v) is 19.4. The molecule has 1 amide bonds. The van der Waals surface area contributed by atoms with Crippen molar-refractivity contribution in [2.75, 3.05) is 38.1 Å². The van der Waals surface area contributed by atoms with Crippen LogP contribution in [0.4, 0.5) is 11.4 Å². The van der Waals surface area contributed by atoms with Gasteiger partial charge < -0.3 is 24.4 Å². The number of aryl methyl sites for hydroxylation is 1. The fourth-order valence-electron chi connectivity index (χ4n) is 4.38. The van der Waals surface area contributed by atoms with Gasteiger partial charge in [-0.25, -0.2) is 0 Å². The van der Waals surface area contributed by atoms with E-state index in [0.29, 0.717) is 30.1 Å². The fourth-order valence-corrected chi connectivity index (χ4v) is 4.38. The van der Waals surface area contributed by atoms with Gasteiger partial charge in [-0.1, -0.05) is 42.5 Å². The molecule has 0 spiro atoms. The van der Waals surface area contributed by atoms with Crippen LogP contribution in [0.3, 0.4) is 0 Å². The van der Waals surface area contributed by atoms with E-state index in [-0.39, 0.29) is 5.91 Å². The van der Waals surface area contributed by atoms with Crippen molar-refractivity contribution in [3.05, 3.63) is 77.4 Å². The molecule has 0 radical (unpaired) electrons. The number of nitrogens with one attached hydrogen (secondary N) is 1. The van der Waals surface area contributed by atoms with Crippen molar-refractivity contribution >= 4 is 17.3 Å². The van der Waals surface area contributed by atoms with Gasteiger partial charge in [-0.05, 0) is 47.7 Å². The smallest absolute Gasteiger partial charge is 0.224 e. The number of amides is 1. The predicted molar refractivity (Wildman–Crippen MR) is 131 cm³/mol. The summed E-state index contributed by atoms with van der Waals surface area (Å²) in [6.45, 7) is 1.75. The highest BCUT2D eigenvalue weighted by atomic mass is 16.5. The number of nitrogens with zero attached hydrogens (tertiary/aromatic N) is 1. The van der Waals surface area contributed by atoms with E-state index in [1.807, 2.05) is 30.3 Å². The number of anilines is 2. The molecule has 3 aromatic carbocycles. The molecule has 4 rings (SSSR count). The van der Waals surface area contributed by atoms with E-state index in [1.165, 1.54) is 11.3 Å². The zero-order valence-electron chi connectivity index (χ0n) is 19.4. The Bertz CT molecular complexity index is 1130. The Morgan fingerprint density at radius 2 is 1.64 bits per heavy atom. The minimum absolute atomic E-state index is 0.0406. The van der Waals surface area contributed by atoms with E-state index in [9.17, 15) is 4.79 Å². The Morgan fingerprint density at radius 1 is 0.879 bits per heavy atom. The first-order chi connectivity index (χ1) is 16.1. The SMILES string of the molecule is COc1ccc(CCC(=O)Nc2ccccc2CN2CCc3ccccc32)c(OC)c1OC. The quantitative estimate of drug-likeness (QED) is 0.509. The number of methoxy groups -OCH3 is 3. The summed E-state index contributed by atoms with van der Waals surface area (Å²) in [7, 11) is 4.75. The molecule has 0 saturated carbocycles. The Balaban J connectivity index is 1.43. The minimum atomic E-state index is -0.0406. The maximum absolute atomic E-state index is 12.8. The lowest BCUT2D eigenvalue weighted by atomic mass is 10.1. The maximum Gasteiger partial charge on any atom is 0.224 e. The average molecular weight is 447 g/mol. The maximum atomic E-state index is 12.8. The molecular weight excluding hydrogens is 416 g/mol. The van der Waals surface area contributed by atoms with Gasteiger partial charge in [0.25, 0.3) is 0 Å². The van der Waals surface area contributed by atoms with Crippen LogP contribution < -0.4 is 24.4 Å². The van der Waals surface area contributed by atoms with Crippen molar-refractivity contribution in [1.29, 1.82) is 0 Å². The summed E-state index contributed by atoms with van der Waals surface area (Å²) < 4.78 is 16.3. The van der Waals surface area contributed by atoms with E-state index >= 15 is 0 Å². The molecule has 0 saturated heterocycles. The average Bonchev–Trinajstić information content (AvgIpc) is 3.26. The zero-order chi connectivity index (χ0) is 23.2. The third-order valence-electron chi connectivity index (χ3n) is 6.04. The fraction of sp³-hybridized carbons (Fsp3) is 0.296. The lowest BCUT2D eigenvalue weighted by Gasteiger charge is -2.21. The van der Waals surface area contributed by atoms with Crippen molar-refractivity contribution in [2.24, 2.45) is 0 Å². The van der Waals surface area contributed by atoms with Gasteiger partial charge in [0.15, 0.2) is 11.5 Å². The summed E-state index contributed by atoms with van der Waals surface area (Å²) in [5.74, 6) is 1.69. The monoisotopic (exact) mass is 446 g/mol. The molecule has 0 atom stereocenters. The summed E-state index contributed by atoms with van der Waals surface area (Å²) >= 11 is 0. The van der Waals surface area contributed by atoms with Gasteiger partial charge in [0.2, 0.25) is 11.7 Å². The summed E-state index contributed by atoms with van der Waals surface area (Å²) in [6, 6.07) is 20.3. The van der Waals surface area contributed by atoms with Crippen LogP contribution >= 0.6 is 0 Å². The van der Waals surface area contributed by atoms with Crippen LogP contribution in [0.5, 0.6) is 17.2 Å². The Hall–Kier alpha value is -3.67. The van der Waals surface area contributed by atoms with Gasteiger partial charge in [-0.3, -0.25) is 4.79 Å². The number of hydrogen-bond acceptors (Lipinski definition) is 5. The third kappa shape index (κ3) is 4.90. The van der Waals surface area contributed by atoms with Crippen LogP contribution in [-0.2, 0) is 24.2 Å². The van der Waals surface area contributed by atoms with E-state index in [2.05, 4.69) is 40.5 Å². The van der Waals surface area contributed by atoms with Gasteiger partial charge in [-0.2, -0.15) is 0 Å². The van der Waals surface area contributed by atoms with Crippen LogP contribution in [0.1, 0.15) is 23.1 Å². The van der Waals surface area contributed by atoms with Crippen LogP contribution in [-0.4, -0.2) is 33.8 Å². The number of ether oxygens (including phenoxy) is 3. The summed E-state index contributed by atoms with van der Waals surface area (Å²) in [6.07, 6.45) is 1.90. The van der Waals surface area contributed by atoms with Gasteiger partial charge >= 0.3 is 0 Å². The molecule has 1 N–H and O–H groups in total. The molecule has 1 aliphatic heterocycles. The number of fused-ring (bicyclic) bond motifs is 1. The molecular formula is C27H30N2O4. The molecule has 1 heterocycles. The molecule has 0 aromatic heterocycles. The molecule has 0 bridgehead atoms. The van der Waals surface area contributed by atoms with Crippen LogP contribution in [0.2, 0.25) is 0 Å². The Morgan fingerprint density at radius 3 is 2.42 bits per heavy atom. The number of carbonyl (C=O) groups excluding carboxylic acids is 1. The second-order valence-electron chi connectivity index (χ2n) is 8.00. The highest BCUT2D eigenvalue weighted by Gasteiger charge is 2.20. The van der Waals surface area contributed by atoms with Gasteiger partial charge in [-0.15, -0.1) is 0 Å². The number of hydrogen-bond donors (Lipinski definition) is 1. The van der Waals surface area contributed by atoms with Gasteiger partial charge in [0.1, 0.15) is 0 Å². The lowest BCUT2D eigenvalue weighted by Crippen LogP contribution is -2.21. The standard InChI is InChI=1S/C27H30N2O4/c1-31-24-14-12-20(26(32-2)27(24)33-3)13-15-25(30)28-22-10-6-4-9-21(22)18-29-17-16-19-8-5-7-11-23(19)29/h4-12,14H,13,15-18H2,1-3H3,(H,28,30). The Labute approximate surface area is 195 Å². The minimum Gasteiger partial charge on any atom is -0.493 e. The second-order valence-corrected chi connectivity index (χ2v) is 8.00. The van der Waals surface area contributed by atoms with Crippen LogP contribution in [0.25, 0.3) is 0 Å². The molecule has 6 nitrogen and oxygen atoms in total. The van der Waals surface area contributed by atoms with Gasteiger partial charge in [0, 0.05) is 30.9 Å². The van der Waals surface area contributed by atoms with Crippen molar-refractivity contribution < 1.29 is 19.0 Å². The first-order valence-corrected chi connectivity index (χ1v) is 11.1. The van der Waals surface area contributed by atoms with E-state index in [1.54, 1.807) is 21.3 Å².